The fraction of sp³-hybridized carbons (Fsp3) is 0.412. The highest BCUT2D eigenvalue weighted by atomic mass is 32.2. The molecule has 0 saturated heterocycles. The maximum atomic E-state index is 12.1. The first kappa shape index (κ1) is 20.2. The molecule has 1 aromatic carbocycles. The number of hydrogen-bond acceptors (Lipinski definition) is 7. The highest BCUT2D eigenvalue weighted by Gasteiger charge is 2.19. The Morgan fingerprint density at radius 2 is 1.88 bits per heavy atom. The molecule has 7 nitrogen and oxygen atoms in total. The summed E-state index contributed by atoms with van der Waals surface area (Å²) < 4.78 is 0.684. The van der Waals surface area contributed by atoms with Gasteiger partial charge in [0.2, 0.25) is 11.0 Å². The van der Waals surface area contributed by atoms with E-state index >= 15 is 0 Å². The molecule has 0 saturated carbocycles. The molecule has 0 aliphatic rings. The third-order valence-electron chi connectivity index (χ3n) is 3.25. The van der Waals surface area contributed by atoms with Gasteiger partial charge in [0.05, 0.1) is 5.25 Å². The van der Waals surface area contributed by atoms with Gasteiger partial charge < -0.3 is 10.6 Å². The average Bonchev–Trinajstić information content (AvgIpc) is 3.06. The van der Waals surface area contributed by atoms with Gasteiger partial charge in [-0.25, -0.2) is 4.79 Å². The van der Waals surface area contributed by atoms with E-state index < -0.39 is 11.3 Å². The van der Waals surface area contributed by atoms with Crippen molar-refractivity contribution in [1.82, 2.24) is 20.8 Å². The summed E-state index contributed by atoms with van der Waals surface area (Å²) in [6.45, 7) is 7.13. The lowest BCUT2D eigenvalue weighted by atomic mass is 10.2. The summed E-state index contributed by atoms with van der Waals surface area (Å²) in [7, 11) is 0. The predicted molar refractivity (Wildman–Crippen MR) is 105 cm³/mol. The lowest BCUT2D eigenvalue weighted by Crippen LogP contribution is -2.42. The molecule has 0 aliphatic carbocycles. The zero-order valence-electron chi connectivity index (χ0n) is 15.0. The van der Waals surface area contributed by atoms with Crippen LogP contribution in [-0.4, -0.2) is 33.9 Å². The summed E-state index contributed by atoms with van der Waals surface area (Å²) >= 11 is 2.67. The topological polar surface area (TPSA) is 96.0 Å². The number of carbonyl (C=O) groups excluding carboxylic acids is 2. The standard InChI is InChI=1S/C17H23N5O2S2/c1-11(2)9-19-16-21-22-17(26-16)25-12(3)14(23)20-15(24)18-10-13-7-5-4-6-8-13/h4-8,11-12H,9-10H2,1-3H3,(H,19,21)(H2,18,20,23,24)/t12-/m0/s1. The first-order valence-electron chi connectivity index (χ1n) is 8.30. The van der Waals surface area contributed by atoms with Crippen molar-refractivity contribution in [2.45, 2.75) is 36.9 Å². The van der Waals surface area contributed by atoms with Gasteiger partial charge in [-0.15, -0.1) is 10.2 Å². The number of aromatic nitrogens is 2. The second-order valence-electron chi connectivity index (χ2n) is 6.07. The quantitative estimate of drug-likeness (QED) is 0.597. The van der Waals surface area contributed by atoms with Crippen LogP contribution >= 0.6 is 23.1 Å². The van der Waals surface area contributed by atoms with Crippen molar-refractivity contribution >= 4 is 40.2 Å². The van der Waals surface area contributed by atoms with Crippen LogP contribution < -0.4 is 16.0 Å². The fourth-order valence-corrected chi connectivity index (χ4v) is 3.76. The maximum absolute atomic E-state index is 12.1. The highest BCUT2D eigenvalue weighted by molar-refractivity contribution is 8.02. The van der Waals surface area contributed by atoms with Crippen LogP contribution in [0.1, 0.15) is 26.3 Å². The van der Waals surface area contributed by atoms with Crippen molar-refractivity contribution in [3.05, 3.63) is 35.9 Å². The number of thioether (sulfide) groups is 1. The van der Waals surface area contributed by atoms with Gasteiger partial charge >= 0.3 is 6.03 Å². The molecule has 9 heteroatoms. The first-order chi connectivity index (χ1) is 12.4. The third kappa shape index (κ3) is 7.01. The molecule has 0 radical (unpaired) electrons. The molecule has 0 aliphatic heterocycles. The number of benzene rings is 1. The molecule has 0 bridgehead atoms. The van der Waals surface area contributed by atoms with Crippen LogP contribution in [0.5, 0.6) is 0 Å². The predicted octanol–water partition coefficient (Wildman–Crippen LogP) is 3.11. The van der Waals surface area contributed by atoms with Crippen molar-refractivity contribution < 1.29 is 9.59 Å². The number of imide groups is 1. The minimum atomic E-state index is -0.511. The molecule has 1 aromatic heterocycles. The molecule has 0 unspecified atom stereocenters. The summed E-state index contributed by atoms with van der Waals surface area (Å²) in [6, 6.07) is 8.99. The van der Waals surface area contributed by atoms with Crippen LogP contribution in [0.25, 0.3) is 0 Å². The Morgan fingerprint density at radius 1 is 1.15 bits per heavy atom. The molecular formula is C17H23N5O2S2. The fourth-order valence-electron chi connectivity index (χ4n) is 1.86. The van der Waals surface area contributed by atoms with Crippen molar-refractivity contribution in [2.75, 3.05) is 11.9 Å². The Hall–Kier alpha value is -2.13. The number of nitrogens with zero attached hydrogens (tertiary/aromatic N) is 2. The zero-order valence-corrected chi connectivity index (χ0v) is 16.6. The average molecular weight is 394 g/mol. The molecule has 1 heterocycles. The molecule has 0 fully saturated rings. The number of rotatable bonds is 8. The second-order valence-corrected chi connectivity index (χ2v) is 8.63. The SMILES string of the molecule is CC(C)CNc1nnc(S[C@@H](C)C(=O)NC(=O)NCc2ccccc2)s1. The van der Waals surface area contributed by atoms with Crippen LogP contribution in [0.15, 0.2) is 34.7 Å². The largest absolute Gasteiger partial charge is 0.360 e. The highest BCUT2D eigenvalue weighted by Crippen LogP contribution is 2.28. The lowest BCUT2D eigenvalue weighted by molar-refractivity contribution is -0.119. The maximum Gasteiger partial charge on any atom is 0.321 e. The van der Waals surface area contributed by atoms with E-state index in [1.165, 1.54) is 23.1 Å². The summed E-state index contributed by atoms with van der Waals surface area (Å²) in [5, 5.41) is 16.6. The molecule has 1 atom stereocenters. The Kier molecular flexibility index (Phi) is 7.86. The number of hydrogen-bond donors (Lipinski definition) is 3. The van der Waals surface area contributed by atoms with Crippen molar-refractivity contribution in [3.63, 3.8) is 0 Å². The van der Waals surface area contributed by atoms with E-state index in [2.05, 4.69) is 40.0 Å². The summed E-state index contributed by atoms with van der Waals surface area (Å²) in [4.78, 5) is 24.0. The second kappa shape index (κ2) is 10.1. The summed E-state index contributed by atoms with van der Waals surface area (Å²) in [6.07, 6.45) is 0. The molecule has 0 spiro atoms. The van der Waals surface area contributed by atoms with E-state index in [1.807, 2.05) is 30.3 Å². The molecule has 140 valence electrons. The first-order valence-corrected chi connectivity index (χ1v) is 10.0. The van der Waals surface area contributed by atoms with E-state index in [0.717, 1.165) is 17.2 Å². The van der Waals surface area contributed by atoms with Gasteiger partial charge in [0.25, 0.3) is 0 Å². The third-order valence-corrected chi connectivity index (χ3v) is 5.31. The van der Waals surface area contributed by atoms with Crippen LogP contribution in [-0.2, 0) is 11.3 Å². The van der Waals surface area contributed by atoms with E-state index in [9.17, 15) is 9.59 Å². The van der Waals surface area contributed by atoms with Gasteiger partial charge in [0.15, 0.2) is 4.34 Å². The Labute approximate surface area is 161 Å². The Balaban J connectivity index is 1.75. The van der Waals surface area contributed by atoms with Crippen LogP contribution in [0.4, 0.5) is 9.93 Å². The monoisotopic (exact) mass is 393 g/mol. The molecule has 3 N–H and O–H groups in total. The number of carbonyl (C=O) groups is 2. The van der Waals surface area contributed by atoms with Gasteiger partial charge in [0.1, 0.15) is 0 Å². The van der Waals surface area contributed by atoms with Gasteiger partial charge in [-0.3, -0.25) is 10.1 Å². The molecular weight excluding hydrogens is 370 g/mol. The lowest BCUT2D eigenvalue weighted by Gasteiger charge is -2.10. The van der Waals surface area contributed by atoms with Gasteiger partial charge in [-0.05, 0) is 18.4 Å². The number of urea groups is 1. The van der Waals surface area contributed by atoms with Gasteiger partial charge in [-0.2, -0.15) is 0 Å². The van der Waals surface area contributed by atoms with Crippen LogP contribution in [0.2, 0.25) is 0 Å². The zero-order chi connectivity index (χ0) is 18.9. The van der Waals surface area contributed by atoms with E-state index in [0.29, 0.717) is 16.8 Å². The molecule has 2 aromatic rings. The van der Waals surface area contributed by atoms with Crippen molar-refractivity contribution in [1.29, 1.82) is 0 Å². The molecule has 3 amide bonds. The number of nitrogens with one attached hydrogen (secondary N) is 3. The van der Waals surface area contributed by atoms with Crippen LogP contribution in [0, 0.1) is 5.92 Å². The van der Waals surface area contributed by atoms with Crippen molar-refractivity contribution in [3.8, 4) is 0 Å². The van der Waals surface area contributed by atoms with E-state index in [4.69, 9.17) is 0 Å². The molecule has 2 rings (SSSR count). The smallest absolute Gasteiger partial charge is 0.321 e. The van der Waals surface area contributed by atoms with Crippen LogP contribution in [0.3, 0.4) is 0 Å². The minimum absolute atomic E-state index is 0.364. The normalized spacial score (nSPS) is 11.8. The Bertz CT molecular complexity index is 721. The van der Waals surface area contributed by atoms with E-state index in [-0.39, 0.29) is 5.91 Å². The Morgan fingerprint density at radius 3 is 2.58 bits per heavy atom. The summed E-state index contributed by atoms with van der Waals surface area (Å²) in [5.41, 5.74) is 0.966. The molecule has 26 heavy (non-hydrogen) atoms. The number of amides is 3. The minimum Gasteiger partial charge on any atom is -0.360 e. The van der Waals surface area contributed by atoms with Gasteiger partial charge in [-0.1, -0.05) is 67.3 Å². The number of anilines is 1. The van der Waals surface area contributed by atoms with E-state index in [1.54, 1.807) is 6.92 Å². The van der Waals surface area contributed by atoms with Crippen molar-refractivity contribution in [2.24, 2.45) is 5.92 Å². The summed E-state index contributed by atoms with van der Waals surface area (Å²) in [5.74, 6) is 0.140. The van der Waals surface area contributed by atoms with Gasteiger partial charge in [0, 0.05) is 13.1 Å².